The Morgan fingerprint density at radius 2 is 1.62 bits per heavy atom. The topological polar surface area (TPSA) is 155 Å². The number of nitrogens with one attached hydrogen (secondary N) is 2. The van der Waals surface area contributed by atoms with Crippen LogP contribution in [0.3, 0.4) is 0 Å². The summed E-state index contributed by atoms with van der Waals surface area (Å²) in [7, 11) is 0. The van der Waals surface area contributed by atoms with Gasteiger partial charge >= 0.3 is 0 Å². The van der Waals surface area contributed by atoms with Gasteiger partial charge in [0.1, 0.15) is 18.3 Å². The molecule has 0 aliphatic carbocycles. The standard InChI is InChI=1S/C15H29N3O6/c1-14(2)5-8(6-15(3,4)18-14)16-17-13(24)12(23)11(22)10(21)9(20)7-19/h9-12,18-23H,5-7H2,1-4H3,(H,17,24). The molecule has 0 saturated carbocycles. The fourth-order valence-electron chi connectivity index (χ4n) is 3.04. The molecular formula is C15H29N3O6. The molecule has 0 radical (unpaired) electrons. The molecule has 0 aromatic heterocycles. The van der Waals surface area contributed by atoms with Crippen LogP contribution in [0.2, 0.25) is 0 Å². The first-order valence-electron chi connectivity index (χ1n) is 7.86. The van der Waals surface area contributed by atoms with Gasteiger partial charge in [0, 0.05) is 29.6 Å². The smallest absolute Gasteiger partial charge is 0.271 e. The van der Waals surface area contributed by atoms with Gasteiger partial charge in [-0.15, -0.1) is 0 Å². The largest absolute Gasteiger partial charge is 0.394 e. The second-order valence-electron chi connectivity index (χ2n) is 7.58. The lowest BCUT2D eigenvalue weighted by atomic mass is 9.81. The molecule has 0 aromatic carbocycles. The molecule has 0 spiro atoms. The monoisotopic (exact) mass is 347 g/mol. The molecule has 0 bridgehead atoms. The summed E-state index contributed by atoms with van der Waals surface area (Å²) in [5.74, 6) is -1.01. The van der Waals surface area contributed by atoms with Crippen molar-refractivity contribution in [3.05, 3.63) is 0 Å². The Bertz CT molecular complexity index is 462. The highest BCUT2D eigenvalue weighted by atomic mass is 16.4. The number of rotatable bonds is 6. The van der Waals surface area contributed by atoms with Gasteiger partial charge in [0.05, 0.1) is 6.61 Å². The number of carbonyl (C=O) groups is 1. The molecule has 9 heteroatoms. The first-order chi connectivity index (χ1) is 10.9. The summed E-state index contributed by atoms with van der Waals surface area (Å²) in [5, 5.41) is 54.4. The molecule has 4 unspecified atom stereocenters. The molecule has 1 aliphatic heterocycles. The van der Waals surface area contributed by atoms with Crippen molar-refractivity contribution in [2.45, 2.75) is 76.0 Å². The van der Waals surface area contributed by atoms with Crippen molar-refractivity contribution in [3.63, 3.8) is 0 Å². The van der Waals surface area contributed by atoms with Crippen molar-refractivity contribution in [3.8, 4) is 0 Å². The first-order valence-corrected chi connectivity index (χ1v) is 7.86. The van der Waals surface area contributed by atoms with Crippen LogP contribution in [0, 0.1) is 0 Å². The highest BCUT2D eigenvalue weighted by Gasteiger charge is 2.37. The number of piperidine rings is 1. The van der Waals surface area contributed by atoms with Crippen LogP contribution >= 0.6 is 0 Å². The van der Waals surface area contributed by atoms with Gasteiger partial charge in [0.25, 0.3) is 5.91 Å². The molecule has 7 N–H and O–H groups in total. The van der Waals surface area contributed by atoms with E-state index in [9.17, 15) is 25.2 Å². The Hall–Kier alpha value is -1.10. The van der Waals surface area contributed by atoms with Crippen molar-refractivity contribution in [1.29, 1.82) is 0 Å². The number of hydrogen-bond acceptors (Lipinski definition) is 8. The average Bonchev–Trinajstić information content (AvgIpc) is 2.46. The number of nitrogens with zero attached hydrogens (tertiary/aromatic N) is 1. The highest BCUT2D eigenvalue weighted by Crippen LogP contribution is 2.26. The summed E-state index contributed by atoms with van der Waals surface area (Å²) in [6, 6.07) is 0. The lowest BCUT2D eigenvalue weighted by molar-refractivity contribution is -0.148. The fourth-order valence-corrected chi connectivity index (χ4v) is 3.04. The van der Waals surface area contributed by atoms with Gasteiger partial charge in [-0.05, 0) is 27.7 Å². The minimum absolute atomic E-state index is 0.204. The fraction of sp³-hybridized carbons (Fsp3) is 0.867. The molecule has 0 aromatic rings. The minimum atomic E-state index is -1.99. The van der Waals surface area contributed by atoms with E-state index in [2.05, 4.69) is 15.8 Å². The van der Waals surface area contributed by atoms with E-state index in [1.165, 1.54) is 0 Å². The van der Waals surface area contributed by atoms with Gasteiger partial charge in [-0.3, -0.25) is 4.79 Å². The maximum atomic E-state index is 11.9. The number of hydrazone groups is 1. The second-order valence-corrected chi connectivity index (χ2v) is 7.58. The van der Waals surface area contributed by atoms with Gasteiger partial charge < -0.3 is 30.8 Å². The molecule has 4 atom stereocenters. The second kappa shape index (κ2) is 7.85. The van der Waals surface area contributed by atoms with Crippen molar-refractivity contribution in [1.82, 2.24) is 10.7 Å². The Balaban J connectivity index is 2.70. The van der Waals surface area contributed by atoms with Crippen molar-refractivity contribution in [2.24, 2.45) is 5.10 Å². The zero-order valence-corrected chi connectivity index (χ0v) is 14.5. The van der Waals surface area contributed by atoms with Crippen LogP contribution in [0.25, 0.3) is 0 Å². The van der Waals surface area contributed by atoms with Crippen molar-refractivity contribution < 1.29 is 30.3 Å². The molecule has 1 saturated heterocycles. The third-order valence-electron chi connectivity index (χ3n) is 3.82. The third kappa shape index (κ3) is 5.76. The van der Waals surface area contributed by atoms with Gasteiger partial charge in [0.15, 0.2) is 6.10 Å². The molecule has 24 heavy (non-hydrogen) atoms. The molecule has 1 amide bonds. The average molecular weight is 347 g/mol. The van der Waals surface area contributed by atoms with Gasteiger partial charge in [-0.25, -0.2) is 5.43 Å². The summed E-state index contributed by atoms with van der Waals surface area (Å²) in [6.07, 6.45) is -6.27. The predicted octanol–water partition coefficient (Wildman–Crippen LogP) is -2.16. The summed E-state index contributed by atoms with van der Waals surface area (Å²) in [4.78, 5) is 11.9. The minimum Gasteiger partial charge on any atom is -0.394 e. The molecule has 1 fully saturated rings. The summed E-state index contributed by atoms with van der Waals surface area (Å²) in [5.41, 5.74) is 2.50. The normalized spacial score (nSPS) is 24.6. The van der Waals surface area contributed by atoms with E-state index in [4.69, 9.17) is 5.11 Å². The molecule has 1 aliphatic rings. The van der Waals surface area contributed by atoms with Crippen LogP contribution in [0.1, 0.15) is 40.5 Å². The first kappa shape index (κ1) is 20.9. The summed E-state index contributed by atoms with van der Waals surface area (Å²) in [6.45, 7) is 7.23. The molecular weight excluding hydrogens is 318 g/mol. The van der Waals surface area contributed by atoms with Crippen LogP contribution in [0.5, 0.6) is 0 Å². The lowest BCUT2D eigenvalue weighted by Gasteiger charge is -2.43. The summed E-state index contributed by atoms with van der Waals surface area (Å²) >= 11 is 0. The van der Waals surface area contributed by atoms with E-state index in [0.717, 1.165) is 5.71 Å². The van der Waals surface area contributed by atoms with Crippen LogP contribution < -0.4 is 10.7 Å². The van der Waals surface area contributed by atoms with Crippen LogP contribution in [-0.4, -0.2) is 79.3 Å². The number of amides is 1. The van der Waals surface area contributed by atoms with E-state index < -0.39 is 36.9 Å². The van der Waals surface area contributed by atoms with Gasteiger partial charge in [0.2, 0.25) is 0 Å². The van der Waals surface area contributed by atoms with E-state index >= 15 is 0 Å². The number of aliphatic hydroxyl groups is 5. The third-order valence-corrected chi connectivity index (χ3v) is 3.82. The van der Waals surface area contributed by atoms with E-state index in [-0.39, 0.29) is 11.1 Å². The van der Waals surface area contributed by atoms with E-state index in [1.807, 2.05) is 27.7 Å². The van der Waals surface area contributed by atoms with Crippen LogP contribution in [-0.2, 0) is 4.79 Å². The summed E-state index contributed by atoms with van der Waals surface area (Å²) < 4.78 is 0. The van der Waals surface area contributed by atoms with Gasteiger partial charge in [-0.2, -0.15) is 5.10 Å². The maximum absolute atomic E-state index is 11.9. The van der Waals surface area contributed by atoms with E-state index in [0.29, 0.717) is 12.8 Å². The van der Waals surface area contributed by atoms with Gasteiger partial charge in [-0.1, -0.05) is 0 Å². The number of carbonyl (C=O) groups excluding carboxylic acids is 1. The maximum Gasteiger partial charge on any atom is 0.271 e. The van der Waals surface area contributed by atoms with Crippen molar-refractivity contribution >= 4 is 11.6 Å². The predicted molar refractivity (Wildman–Crippen MR) is 87.2 cm³/mol. The number of aliphatic hydroxyl groups excluding tert-OH is 5. The molecule has 1 rings (SSSR count). The number of hydrogen-bond donors (Lipinski definition) is 7. The molecule has 140 valence electrons. The zero-order chi connectivity index (χ0) is 18.7. The SMILES string of the molecule is CC1(C)CC(=NNC(=O)C(O)C(O)C(O)C(O)CO)CC(C)(C)N1. The molecule has 1 heterocycles. The Kier molecular flexibility index (Phi) is 6.85. The quantitative estimate of drug-likeness (QED) is 0.270. The zero-order valence-electron chi connectivity index (χ0n) is 14.5. The highest BCUT2D eigenvalue weighted by molar-refractivity contribution is 5.89. The molecule has 9 nitrogen and oxygen atoms in total. The van der Waals surface area contributed by atoms with Crippen LogP contribution in [0.4, 0.5) is 0 Å². The Morgan fingerprint density at radius 1 is 1.12 bits per heavy atom. The lowest BCUT2D eigenvalue weighted by Crippen LogP contribution is -2.58. The van der Waals surface area contributed by atoms with Crippen LogP contribution in [0.15, 0.2) is 5.10 Å². The Morgan fingerprint density at radius 3 is 2.08 bits per heavy atom. The van der Waals surface area contributed by atoms with Crippen molar-refractivity contribution in [2.75, 3.05) is 6.61 Å². The Labute approximate surface area is 141 Å². The van der Waals surface area contributed by atoms with E-state index in [1.54, 1.807) is 0 Å².